The summed E-state index contributed by atoms with van der Waals surface area (Å²) in [4.78, 5) is 34.5. The number of nitro groups is 1. The van der Waals surface area contributed by atoms with Crippen LogP contribution in [-0.4, -0.2) is 43.9 Å². The fourth-order valence-corrected chi connectivity index (χ4v) is 3.72. The number of rotatable bonds is 6. The number of amides is 2. The fraction of sp³-hybridized carbons (Fsp3) is 0.200. The SMILES string of the molecule is Cn1c(SCC(=O)NNC(=O)c2cccc([N+](=O)[O-])c2)nnc1C1COc2ccccc2O1. The standard InChI is InChI=1S/C20H18N6O6S/c1-25-18(16-10-31-14-7-2-3-8-15(14)32-16)22-24-20(25)33-11-17(27)21-23-19(28)12-5-4-6-13(9-12)26(29)30/h2-9,16H,10-11H2,1H3,(H,21,27)(H,23,28). The van der Waals surface area contributed by atoms with Crippen molar-refractivity contribution in [1.29, 1.82) is 0 Å². The average molecular weight is 470 g/mol. The Kier molecular flexibility index (Phi) is 6.40. The third kappa shape index (κ3) is 5.03. The number of fused-ring (bicyclic) bond motifs is 1. The summed E-state index contributed by atoms with van der Waals surface area (Å²) < 4.78 is 13.4. The second-order valence-corrected chi connectivity index (χ2v) is 7.80. The lowest BCUT2D eigenvalue weighted by molar-refractivity contribution is -0.384. The maximum absolute atomic E-state index is 12.1. The van der Waals surface area contributed by atoms with Crippen molar-refractivity contribution in [3.05, 3.63) is 70.0 Å². The molecular formula is C20H18N6O6S. The first-order chi connectivity index (χ1) is 15.9. The van der Waals surface area contributed by atoms with Crippen molar-refractivity contribution >= 4 is 29.3 Å². The third-order valence-electron chi connectivity index (χ3n) is 4.63. The van der Waals surface area contributed by atoms with Gasteiger partial charge in [-0.15, -0.1) is 10.2 Å². The van der Waals surface area contributed by atoms with Gasteiger partial charge in [-0.3, -0.25) is 30.6 Å². The molecule has 1 atom stereocenters. The van der Waals surface area contributed by atoms with Crippen molar-refractivity contribution in [3.8, 4) is 11.5 Å². The molecule has 170 valence electrons. The molecule has 0 saturated carbocycles. The van der Waals surface area contributed by atoms with E-state index in [1.807, 2.05) is 18.2 Å². The van der Waals surface area contributed by atoms with Gasteiger partial charge in [-0.05, 0) is 18.2 Å². The number of nitrogens with one attached hydrogen (secondary N) is 2. The lowest BCUT2D eigenvalue weighted by atomic mass is 10.2. The maximum Gasteiger partial charge on any atom is 0.270 e. The molecule has 0 spiro atoms. The highest BCUT2D eigenvalue weighted by Gasteiger charge is 2.27. The molecule has 12 nitrogen and oxygen atoms in total. The number of thioether (sulfide) groups is 1. The van der Waals surface area contributed by atoms with Crippen LogP contribution in [0.25, 0.3) is 0 Å². The molecule has 1 aromatic heterocycles. The van der Waals surface area contributed by atoms with E-state index >= 15 is 0 Å². The molecule has 0 fully saturated rings. The van der Waals surface area contributed by atoms with Crippen LogP contribution in [0, 0.1) is 10.1 Å². The number of para-hydroxylation sites is 2. The van der Waals surface area contributed by atoms with Crippen molar-refractivity contribution < 1.29 is 24.0 Å². The molecule has 3 aromatic rings. The zero-order valence-electron chi connectivity index (χ0n) is 17.3. The van der Waals surface area contributed by atoms with Gasteiger partial charge in [-0.2, -0.15) is 0 Å². The summed E-state index contributed by atoms with van der Waals surface area (Å²) in [5.74, 6) is 0.610. The lowest BCUT2D eigenvalue weighted by Gasteiger charge is -2.25. The molecule has 4 rings (SSSR count). The number of hydrazine groups is 1. The summed E-state index contributed by atoms with van der Waals surface area (Å²) in [7, 11) is 1.75. The number of aromatic nitrogens is 3. The normalized spacial score (nSPS) is 14.4. The lowest BCUT2D eigenvalue weighted by Crippen LogP contribution is -2.42. The van der Waals surface area contributed by atoms with E-state index in [1.54, 1.807) is 17.7 Å². The van der Waals surface area contributed by atoms with E-state index in [0.717, 1.165) is 17.8 Å². The van der Waals surface area contributed by atoms with Crippen molar-refractivity contribution in [2.24, 2.45) is 7.05 Å². The van der Waals surface area contributed by atoms with E-state index < -0.39 is 22.8 Å². The first-order valence-electron chi connectivity index (χ1n) is 9.66. The number of ether oxygens (including phenoxy) is 2. The molecule has 0 saturated heterocycles. The summed E-state index contributed by atoms with van der Waals surface area (Å²) in [6.45, 7) is 0.276. The molecule has 1 aliphatic rings. The molecule has 2 heterocycles. The largest absolute Gasteiger partial charge is 0.485 e. The quantitative estimate of drug-likeness (QED) is 0.312. The van der Waals surface area contributed by atoms with Gasteiger partial charge >= 0.3 is 0 Å². The Morgan fingerprint density at radius 1 is 1.18 bits per heavy atom. The third-order valence-corrected chi connectivity index (χ3v) is 5.65. The molecule has 2 amide bonds. The molecule has 0 bridgehead atoms. The minimum absolute atomic E-state index is 0.0476. The van der Waals surface area contributed by atoms with E-state index in [0.29, 0.717) is 22.5 Å². The number of benzene rings is 2. The highest BCUT2D eigenvalue weighted by molar-refractivity contribution is 7.99. The van der Waals surface area contributed by atoms with Crippen LogP contribution >= 0.6 is 11.8 Å². The zero-order chi connectivity index (χ0) is 23.4. The maximum atomic E-state index is 12.1. The zero-order valence-corrected chi connectivity index (χ0v) is 18.1. The van der Waals surface area contributed by atoms with Crippen LogP contribution in [0.3, 0.4) is 0 Å². The molecule has 1 aliphatic heterocycles. The molecule has 13 heteroatoms. The Morgan fingerprint density at radius 2 is 1.97 bits per heavy atom. The number of non-ortho nitro benzene ring substituents is 1. The van der Waals surface area contributed by atoms with E-state index in [9.17, 15) is 19.7 Å². The Balaban J connectivity index is 1.30. The predicted molar refractivity (Wildman–Crippen MR) is 116 cm³/mol. The Labute approximate surface area is 191 Å². The highest BCUT2D eigenvalue weighted by Crippen LogP contribution is 2.35. The molecule has 2 aromatic carbocycles. The topological polar surface area (TPSA) is 151 Å². The van der Waals surface area contributed by atoms with Crippen LogP contribution < -0.4 is 20.3 Å². The second-order valence-electron chi connectivity index (χ2n) is 6.86. The molecule has 2 N–H and O–H groups in total. The molecule has 0 radical (unpaired) electrons. The van der Waals surface area contributed by atoms with E-state index in [1.165, 1.54) is 18.2 Å². The summed E-state index contributed by atoms with van der Waals surface area (Å²) in [6.07, 6.45) is -0.449. The molecule has 33 heavy (non-hydrogen) atoms. The van der Waals surface area contributed by atoms with Crippen LogP contribution in [0.5, 0.6) is 11.5 Å². The van der Waals surface area contributed by atoms with Gasteiger partial charge in [-0.25, -0.2) is 0 Å². The minimum atomic E-state index is -0.673. The monoisotopic (exact) mass is 470 g/mol. The summed E-state index contributed by atoms with van der Waals surface area (Å²) in [5, 5.41) is 19.6. The van der Waals surface area contributed by atoms with Gasteiger partial charge in [0.1, 0.15) is 6.61 Å². The summed E-state index contributed by atoms with van der Waals surface area (Å²) in [6, 6.07) is 12.5. The Hall–Kier alpha value is -4.13. The van der Waals surface area contributed by atoms with Gasteiger partial charge in [0.15, 0.2) is 28.6 Å². The number of hydrogen-bond donors (Lipinski definition) is 2. The van der Waals surface area contributed by atoms with Crippen molar-refractivity contribution in [2.75, 3.05) is 12.4 Å². The van der Waals surface area contributed by atoms with Crippen LogP contribution in [0.4, 0.5) is 5.69 Å². The molecule has 1 unspecified atom stereocenters. The highest BCUT2D eigenvalue weighted by atomic mass is 32.2. The van der Waals surface area contributed by atoms with Gasteiger partial charge in [0.05, 0.1) is 10.7 Å². The number of hydrogen-bond acceptors (Lipinski definition) is 9. The van der Waals surface area contributed by atoms with E-state index in [2.05, 4.69) is 21.0 Å². The minimum Gasteiger partial charge on any atom is -0.485 e. The van der Waals surface area contributed by atoms with Crippen molar-refractivity contribution in [2.45, 2.75) is 11.3 Å². The fourth-order valence-electron chi connectivity index (χ4n) is 3.00. The summed E-state index contributed by atoms with van der Waals surface area (Å²) >= 11 is 1.12. The second kappa shape index (κ2) is 9.56. The van der Waals surface area contributed by atoms with Gasteiger partial charge in [0, 0.05) is 24.7 Å². The number of carbonyl (C=O) groups excluding carboxylic acids is 2. The summed E-state index contributed by atoms with van der Waals surface area (Å²) in [5.41, 5.74) is 4.32. The average Bonchev–Trinajstić information content (AvgIpc) is 3.21. The molecular weight excluding hydrogens is 452 g/mol. The predicted octanol–water partition coefficient (Wildman–Crippen LogP) is 1.79. The van der Waals surface area contributed by atoms with Crippen LogP contribution in [0.15, 0.2) is 53.7 Å². The first kappa shape index (κ1) is 22.1. The van der Waals surface area contributed by atoms with Gasteiger partial charge < -0.3 is 14.0 Å². The number of nitrogens with zero attached hydrogens (tertiary/aromatic N) is 4. The van der Waals surface area contributed by atoms with Crippen molar-refractivity contribution in [1.82, 2.24) is 25.6 Å². The van der Waals surface area contributed by atoms with Gasteiger partial charge in [0.25, 0.3) is 11.6 Å². The van der Waals surface area contributed by atoms with Gasteiger partial charge in [0.2, 0.25) is 5.91 Å². The van der Waals surface area contributed by atoms with Crippen LogP contribution in [-0.2, 0) is 11.8 Å². The van der Waals surface area contributed by atoms with E-state index in [4.69, 9.17) is 9.47 Å². The molecule has 0 aliphatic carbocycles. The first-order valence-corrected chi connectivity index (χ1v) is 10.6. The number of carbonyl (C=O) groups is 2. The Morgan fingerprint density at radius 3 is 2.76 bits per heavy atom. The van der Waals surface area contributed by atoms with Crippen molar-refractivity contribution in [3.63, 3.8) is 0 Å². The van der Waals surface area contributed by atoms with Crippen LogP contribution in [0.1, 0.15) is 22.3 Å². The van der Waals surface area contributed by atoms with Gasteiger partial charge in [-0.1, -0.05) is 30.0 Å². The van der Waals surface area contributed by atoms with E-state index in [-0.39, 0.29) is 23.6 Å². The number of nitro benzene ring substituents is 1. The van der Waals surface area contributed by atoms with Crippen LogP contribution in [0.2, 0.25) is 0 Å². The Bertz CT molecular complexity index is 1220. The smallest absolute Gasteiger partial charge is 0.270 e.